The Hall–Kier alpha value is -1.59. The van der Waals surface area contributed by atoms with E-state index in [1.807, 2.05) is 25.1 Å². The second-order valence-electron chi connectivity index (χ2n) is 4.57. The number of aryl methyl sites for hydroxylation is 2. The van der Waals surface area contributed by atoms with Crippen LogP contribution >= 0.6 is 22.9 Å². The zero-order valence-electron chi connectivity index (χ0n) is 11.6. The van der Waals surface area contributed by atoms with Crippen molar-refractivity contribution in [3.8, 4) is 5.75 Å². The van der Waals surface area contributed by atoms with Gasteiger partial charge in [0, 0.05) is 11.3 Å². The molecule has 1 heterocycles. The zero-order chi connectivity index (χ0) is 15.2. The number of hydrogen-bond acceptors (Lipinski definition) is 4. The lowest BCUT2D eigenvalue weighted by atomic mass is 10.3. The van der Waals surface area contributed by atoms with Crippen LogP contribution in [0.3, 0.4) is 0 Å². The summed E-state index contributed by atoms with van der Waals surface area (Å²) in [5.74, 6) is -0.142. The molecule has 0 bridgehead atoms. The van der Waals surface area contributed by atoms with Crippen LogP contribution in [0, 0.1) is 6.92 Å². The molecule has 0 aliphatic rings. The van der Waals surface area contributed by atoms with Gasteiger partial charge in [-0.1, -0.05) is 23.7 Å². The summed E-state index contributed by atoms with van der Waals surface area (Å²) in [7, 11) is 0. The second-order valence-corrected chi connectivity index (χ2v) is 6.14. The van der Waals surface area contributed by atoms with Crippen LogP contribution in [-0.2, 0) is 17.6 Å². The fourth-order valence-electron chi connectivity index (χ4n) is 1.86. The Bertz CT molecular complexity index is 627. The fourth-order valence-corrected chi connectivity index (χ4v) is 3.16. The molecule has 4 nitrogen and oxygen atoms in total. The van der Waals surface area contributed by atoms with Crippen molar-refractivity contribution in [2.24, 2.45) is 0 Å². The summed E-state index contributed by atoms with van der Waals surface area (Å²) in [6.45, 7) is 2.40. The van der Waals surface area contributed by atoms with E-state index in [-0.39, 0.29) is 6.42 Å². The molecule has 0 amide bonds. The first-order valence-corrected chi connectivity index (χ1v) is 7.80. The van der Waals surface area contributed by atoms with Crippen molar-refractivity contribution in [2.75, 3.05) is 6.61 Å². The Labute approximate surface area is 132 Å². The number of carboxylic acid groups (broad SMARTS) is 1. The van der Waals surface area contributed by atoms with Crippen molar-refractivity contribution >= 4 is 28.9 Å². The Morgan fingerprint density at radius 2 is 2.19 bits per heavy atom. The summed E-state index contributed by atoms with van der Waals surface area (Å²) in [5, 5.41) is 10.4. The van der Waals surface area contributed by atoms with Crippen LogP contribution in [0.5, 0.6) is 5.75 Å². The maximum absolute atomic E-state index is 10.7. The van der Waals surface area contributed by atoms with E-state index in [1.54, 1.807) is 6.07 Å². The summed E-state index contributed by atoms with van der Waals surface area (Å²) in [5.41, 5.74) is 0.810. The van der Waals surface area contributed by atoms with E-state index in [4.69, 9.17) is 21.4 Å². The van der Waals surface area contributed by atoms with E-state index in [1.165, 1.54) is 11.3 Å². The minimum atomic E-state index is -0.824. The summed E-state index contributed by atoms with van der Waals surface area (Å²) in [4.78, 5) is 15.9. The second kappa shape index (κ2) is 7.43. The van der Waals surface area contributed by atoms with Gasteiger partial charge in [0.2, 0.25) is 0 Å². The smallest absolute Gasteiger partial charge is 0.308 e. The number of ether oxygens (including phenoxy) is 1. The van der Waals surface area contributed by atoms with Gasteiger partial charge in [-0.2, -0.15) is 0 Å². The Balaban J connectivity index is 1.81. The number of para-hydroxylation sites is 1. The van der Waals surface area contributed by atoms with Gasteiger partial charge in [0.25, 0.3) is 0 Å². The predicted octanol–water partition coefficient (Wildman–Crippen LogP) is 3.74. The SMILES string of the molecule is Cc1nc(CCCOc2ccccc2Cl)sc1CC(=O)O. The molecule has 0 aliphatic heterocycles. The van der Waals surface area contributed by atoms with E-state index in [0.717, 1.165) is 28.4 Å². The molecule has 0 unspecified atom stereocenters. The van der Waals surface area contributed by atoms with Gasteiger partial charge in [-0.25, -0.2) is 4.98 Å². The molecule has 2 aromatic rings. The first-order valence-electron chi connectivity index (χ1n) is 6.60. The van der Waals surface area contributed by atoms with Crippen LogP contribution in [0.4, 0.5) is 0 Å². The topological polar surface area (TPSA) is 59.4 Å². The van der Waals surface area contributed by atoms with E-state index in [9.17, 15) is 4.79 Å². The third-order valence-corrected chi connectivity index (χ3v) is 4.41. The van der Waals surface area contributed by atoms with Crippen LogP contribution in [0.1, 0.15) is 22.0 Å². The number of benzene rings is 1. The molecule has 6 heteroatoms. The Kier molecular flexibility index (Phi) is 5.59. The van der Waals surface area contributed by atoms with Crippen LogP contribution in [0.25, 0.3) is 0 Å². The minimum absolute atomic E-state index is 0.0413. The number of nitrogens with zero attached hydrogens (tertiary/aromatic N) is 1. The molecule has 21 heavy (non-hydrogen) atoms. The van der Waals surface area contributed by atoms with Crippen molar-refractivity contribution in [3.05, 3.63) is 44.9 Å². The number of rotatable bonds is 7. The van der Waals surface area contributed by atoms with Crippen molar-refractivity contribution in [1.29, 1.82) is 0 Å². The highest BCUT2D eigenvalue weighted by Gasteiger charge is 2.10. The molecule has 0 radical (unpaired) electrons. The number of carbonyl (C=O) groups is 1. The standard InChI is InChI=1S/C15H16ClNO3S/c1-10-13(9-15(18)19)21-14(17-10)7-4-8-20-12-6-3-2-5-11(12)16/h2-3,5-6H,4,7-9H2,1H3,(H,18,19). The van der Waals surface area contributed by atoms with Crippen molar-refractivity contribution in [2.45, 2.75) is 26.2 Å². The molecule has 1 aromatic carbocycles. The third kappa shape index (κ3) is 4.72. The number of aromatic nitrogens is 1. The third-order valence-electron chi connectivity index (χ3n) is 2.88. The molecule has 0 fully saturated rings. The van der Waals surface area contributed by atoms with E-state index in [2.05, 4.69) is 4.98 Å². The van der Waals surface area contributed by atoms with Gasteiger partial charge in [0.1, 0.15) is 5.75 Å². The number of halogens is 1. The first kappa shape index (κ1) is 15.8. The van der Waals surface area contributed by atoms with Gasteiger partial charge in [-0.15, -0.1) is 11.3 Å². The number of thiazole rings is 1. The normalized spacial score (nSPS) is 10.6. The van der Waals surface area contributed by atoms with Crippen molar-refractivity contribution in [1.82, 2.24) is 4.98 Å². The van der Waals surface area contributed by atoms with Crippen LogP contribution < -0.4 is 4.74 Å². The molecule has 1 aromatic heterocycles. The highest BCUT2D eigenvalue weighted by atomic mass is 35.5. The lowest BCUT2D eigenvalue weighted by Gasteiger charge is -2.06. The van der Waals surface area contributed by atoms with Gasteiger partial charge in [0.15, 0.2) is 0 Å². The zero-order valence-corrected chi connectivity index (χ0v) is 13.2. The van der Waals surface area contributed by atoms with Gasteiger partial charge in [-0.05, 0) is 25.5 Å². The predicted molar refractivity (Wildman–Crippen MR) is 83.5 cm³/mol. The molecule has 112 valence electrons. The molecule has 1 N–H and O–H groups in total. The molecular weight excluding hydrogens is 310 g/mol. The van der Waals surface area contributed by atoms with Crippen molar-refractivity contribution < 1.29 is 14.6 Å². The molecule has 0 saturated carbocycles. The number of carboxylic acids is 1. The van der Waals surface area contributed by atoms with E-state index < -0.39 is 5.97 Å². The molecule has 0 spiro atoms. The number of aliphatic carboxylic acids is 1. The summed E-state index contributed by atoms with van der Waals surface area (Å²) >= 11 is 7.47. The van der Waals surface area contributed by atoms with Crippen LogP contribution in [-0.4, -0.2) is 22.7 Å². The van der Waals surface area contributed by atoms with Gasteiger partial charge >= 0.3 is 5.97 Å². The van der Waals surface area contributed by atoms with Crippen molar-refractivity contribution in [3.63, 3.8) is 0 Å². The average Bonchev–Trinajstić information content (AvgIpc) is 2.76. The van der Waals surface area contributed by atoms with Crippen LogP contribution in [0.15, 0.2) is 24.3 Å². The summed E-state index contributed by atoms with van der Waals surface area (Å²) < 4.78 is 5.61. The largest absolute Gasteiger partial charge is 0.492 e. The molecule has 0 aliphatic carbocycles. The summed E-state index contributed by atoms with van der Waals surface area (Å²) in [6.07, 6.45) is 1.62. The molecule has 2 rings (SSSR count). The fraction of sp³-hybridized carbons (Fsp3) is 0.333. The van der Waals surface area contributed by atoms with E-state index in [0.29, 0.717) is 17.4 Å². The Morgan fingerprint density at radius 1 is 1.43 bits per heavy atom. The molecule has 0 saturated heterocycles. The highest BCUT2D eigenvalue weighted by Crippen LogP contribution is 2.24. The minimum Gasteiger partial charge on any atom is -0.492 e. The highest BCUT2D eigenvalue weighted by molar-refractivity contribution is 7.11. The quantitative estimate of drug-likeness (QED) is 0.788. The lowest BCUT2D eigenvalue weighted by Crippen LogP contribution is -1.99. The van der Waals surface area contributed by atoms with E-state index >= 15 is 0 Å². The summed E-state index contributed by atoms with van der Waals surface area (Å²) in [6, 6.07) is 7.36. The maximum Gasteiger partial charge on any atom is 0.308 e. The average molecular weight is 326 g/mol. The monoisotopic (exact) mass is 325 g/mol. The van der Waals surface area contributed by atoms with Gasteiger partial charge in [0.05, 0.1) is 28.8 Å². The first-order chi connectivity index (χ1) is 10.1. The molecular formula is C15H16ClNO3S. The van der Waals surface area contributed by atoms with Gasteiger partial charge < -0.3 is 9.84 Å². The maximum atomic E-state index is 10.7. The number of hydrogen-bond donors (Lipinski definition) is 1. The van der Waals surface area contributed by atoms with Crippen LogP contribution in [0.2, 0.25) is 5.02 Å². The molecule has 0 atom stereocenters. The Morgan fingerprint density at radius 3 is 2.90 bits per heavy atom. The lowest BCUT2D eigenvalue weighted by molar-refractivity contribution is -0.136. The van der Waals surface area contributed by atoms with Gasteiger partial charge in [-0.3, -0.25) is 4.79 Å².